The standard InChI is InChI=1S/C31H42N5O6P/c1-6-8-14-23(19-40-43(38,42-24-15-10-9-11-16-24)35-22(5)31(37)41-21(3)4)36-27(20-39-7-2)34-28-29(36)25-17-12-13-18-26(25)33-30(28)32/h9-13,15-18,21-23H,6-8,14,19-20H2,1-5H3,(H2,32,33)(H,35,38)/t22-,23-,43?/m0/s1. The highest BCUT2D eigenvalue weighted by atomic mass is 31.2. The molecule has 4 aromatic rings. The lowest BCUT2D eigenvalue weighted by atomic mass is 10.1. The number of rotatable bonds is 16. The minimum atomic E-state index is -4.09. The van der Waals surface area contributed by atoms with Gasteiger partial charge in [-0.1, -0.05) is 56.2 Å². The number of nitrogens with zero attached hydrogens (tertiary/aromatic N) is 3. The van der Waals surface area contributed by atoms with Crippen LogP contribution in [0, 0.1) is 0 Å². The summed E-state index contributed by atoms with van der Waals surface area (Å²) in [5.74, 6) is 0.750. The highest BCUT2D eigenvalue weighted by Gasteiger charge is 2.34. The van der Waals surface area contributed by atoms with Gasteiger partial charge in [0, 0.05) is 12.0 Å². The number of unbranched alkanes of at least 4 members (excludes halogenated alkanes) is 1. The zero-order valence-corrected chi connectivity index (χ0v) is 26.4. The van der Waals surface area contributed by atoms with Crippen LogP contribution in [0.5, 0.6) is 5.75 Å². The monoisotopic (exact) mass is 611 g/mol. The summed E-state index contributed by atoms with van der Waals surface area (Å²) in [5, 5.41) is 3.67. The maximum atomic E-state index is 14.3. The lowest BCUT2D eigenvalue weighted by molar-refractivity contribution is -0.149. The number of hydrogen-bond acceptors (Lipinski definition) is 9. The van der Waals surface area contributed by atoms with Crippen LogP contribution in [0.15, 0.2) is 54.6 Å². The van der Waals surface area contributed by atoms with E-state index in [2.05, 4.69) is 21.6 Å². The molecule has 3 N–H and O–H groups in total. The van der Waals surface area contributed by atoms with E-state index in [-0.39, 0.29) is 25.4 Å². The number of ether oxygens (including phenoxy) is 2. The molecule has 0 aliphatic carbocycles. The number of nitrogens with two attached hydrogens (primary N) is 1. The molecule has 0 fully saturated rings. The Bertz CT molecular complexity index is 1560. The Kier molecular flexibility index (Phi) is 11.2. The Balaban J connectivity index is 1.76. The second kappa shape index (κ2) is 14.8. The minimum Gasteiger partial charge on any atom is -0.462 e. The fraction of sp³-hybridized carbons (Fsp3) is 0.452. The normalized spacial score (nSPS) is 14.6. The number of aromatic nitrogens is 3. The van der Waals surface area contributed by atoms with Crippen LogP contribution in [-0.2, 0) is 30.0 Å². The summed E-state index contributed by atoms with van der Waals surface area (Å²) in [6.45, 7) is 9.83. The van der Waals surface area contributed by atoms with Crippen LogP contribution in [0.2, 0.25) is 0 Å². The summed E-state index contributed by atoms with van der Waals surface area (Å²) in [5.41, 5.74) is 8.52. The van der Waals surface area contributed by atoms with Gasteiger partial charge in [-0.2, -0.15) is 5.09 Å². The predicted molar refractivity (Wildman–Crippen MR) is 168 cm³/mol. The van der Waals surface area contributed by atoms with Crippen LogP contribution in [-0.4, -0.2) is 45.9 Å². The molecule has 0 saturated carbocycles. The molecule has 2 aromatic heterocycles. The van der Waals surface area contributed by atoms with E-state index in [4.69, 9.17) is 29.2 Å². The van der Waals surface area contributed by atoms with Gasteiger partial charge >= 0.3 is 13.7 Å². The second-order valence-electron chi connectivity index (χ2n) is 10.6. The van der Waals surface area contributed by atoms with Crippen molar-refractivity contribution in [2.45, 2.75) is 78.7 Å². The molecule has 0 aliphatic heterocycles. The fourth-order valence-electron chi connectivity index (χ4n) is 4.80. The highest BCUT2D eigenvalue weighted by Crippen LogP contribution is 2.46. The summed E-state index contributed by atoms with van der Waals surface area (Å²) >= 11 is 0. The number of carbonyl (C=O) groups excluding carboxylic acids is 1. The maximum absolute atomic E-state index is 14.3. The summed E-state index contributed by atoms with van der Waals surface area (Å²) in [4.78, 5) is 22.1. The largest absolute Gasteiger partial charge is 0.462 e. The quantitative estimate of drug-likeness (QED) is 0.106. The molecule has 1 unspecified atom stereocenters. The zero-order valence-electron chi connectivity index (χ0n) is 25.5. The van der Waals surface area contributed by atoms with E-state index >= 15 is 0 Å². The molecular weight excluding hydrogens is 569 g/mol. The number of fused-ring (bicyclic) bond motifs is 3. The summed E-state index contributed by atoms with van der Waals surface area (Å²) in [6, 6.07) is 15.2. The molecule has 0 radical (unpaired) electrons. The molecule has 2 aromatic carbocycles. The Morgan fingerprint density at radius 2 is 1.77 bits per heavy atom. The van der Waals surface area contributed by atoms with Crippen LogP contribution in [0.1, 0.15) is 65.7 Å². The fourth-order valence-corrected chi connectivity index (χ4v) is 6.33. The first-order valence-electron chi connectivity index (χ1n) is 14.8. The number of pyridine rings is 1. The summed E-state index contributed by atoms with van der Waals surface area (Å²) < 4.78 is 39.6. The first-order chi connectivity index (χ1) is 20.7. The van der Waals surface area contributed by atoms with Crippen LogP contribution in [0.4, 0.5) is 5.82 Å². The molecule has 11 nitrogen and oxygen atoms in total. The highest BCUT2D eigenvalue weighted by molar-refractivity contribution is 7.52. The van der Waals surface area contributed by atoms with Crippen molar-refractivity contribution in [1.82, 2.24) is 19.6 Å². The molecule has 0 spiro atoms. The van der Waals surface area contributed by atoms with Crippen molar-refractivity contribution >= 4 is 41.5 Å². The first kappa shape index (κ1) is 32.4. The SMILES string of the molecule is CCCC[C@@H](COP(=O)(N[C@@H](C)C(=O)OC(C)C)Oc1ccccc1)n1c(COCC)nc2c(N)nc3ccccc3c21. The molecule has 0 bridgehead atoms. The van der Waals surface area contributed by atoms with Crippen molar-refractivity contribution in [3.63, 3.8) is 0 Å². The van der Waals surface area contributed by atoms with Crippen molar-refractivity contribution in [3.8, 4) is 5.75 Å². The Labute approximate surface area is 252 Å². The number of nitrogens with one attached hydrogen (secondary N) is 1. The van der Waals surface area contributed by atoms with Crippen molar-refractivity contribution in [3.05, 3.63) is 60.4 Å². The van der Waals surface area contributed by atoms with Crippen LogP contribution >= 0.6 is 7.75 Å². The van der Waals surface area contributed by atoms with Gasteiger partial charge in [0.25, 0.3) is 0 Å². The molecule has 0 amide bonds. The van der Waals surface area contributed by atoms with Crippen molar-refractivity contribution in [1.29, 1.82) is 0 Å². The summed E-state index contributed by atoms with van der Waals surface area (Å²) in [6.07, 6.45) is 2.16. The lowest BCUT2D eigenvalue weighted by Crippen LogP contribution is -2.36. The summed E-state index contributed by atoms with van der Waals surface area (Å²) in [7, 11) is -4.09. The molecule has 12 heteroatoms. The smallest absolute Gasteiger partial charge is 0.459 e. The van der Waals surface area contributed by atoms with E-state index in [0.29, 0.717) is 35.9 Å². The Morgan fingerprint density at radius 1 is 1.05 bits per heavy atom. The molecule has 4 rings (SSSR count). The van der Waals surface area contributed by atoms with Crippen LogP contribution in [0.3, 0.4) is 0 Å². The second-order valence-corrected chi connectivity index (χ2v) is 12.3. The molecule has 3 atom stereocenters. The maximum Gasteiger partial charge on any atom is 0.459 e. The number of hydrogen-bond donors (Lipinski definition) is 2. The lowest BCUT2D eigenvalue weighted by Gasteiger charge is -2.27. The third kappa shape index (κ3) is 8.12. The van der Waals surface area contributed by atoms with Gasteiger partial charge in [0.05, 0.1) is 29.8 Å². The van der Waals surface area contributed by atoms with Crippen LogP contribution in [0.25, 0.3) is 21.9 Å². The average Bonchev–Trinajstić information content (AvgIpc) is 3.36. The molecule has 0 saturated heterocycles. The first-order valence-corrected chi connectivity index (χ1v) is 16.3. The van der Waals surface area contributed by atoms with Gasteiger partial charge < -0.3 is 24.3 Å². The number of esters is 1. The van der Waals surface area contributed by atoms with Gasteiger partial charge in [-0.3, -0.25) is 9.32 Å². The van der Waals surface area contributed by atoms with Gasteiger partial charge in [0.1, 0.15) is 29.7 Å². The molecular formula is C31H42N5O6P. The number of benzene rings is 2. The van der Waals surface area contributed by atoms with Crippen molar-refractivity contribution in [2.24, 2.45) is 0 Å². The van der Waals surface area contributed by atoms with Gasteiger partial charge in [0.15, 0.2) is 5.82 Å². The molecule has 43 heavy (non-hydrogen) atoms. The molecule has 232 valence electrons. The number of para-hydroxylation sites is 2. The van der Waals surface area contributed by atoms with Gasteiger partial charge in [0.2, 0.25) is 0 Å². The number of carbonyl (C=O) groups is 1. The van der Waals surface area contributed by atoms with E-state index < -0.39 is 19.8 Å². The number of imidazole rings is 1. The predicted octanol–water partition coefficient (Wildman–Crippen LogP) is 6.57. The van der Waals surface area contributed by atoms with E-state index in [0.717, 1.165) is 29.3 Å². The minimum absolute atomic E-state index is 0.00972. The van der Waals surface area contributed by atoms with Crippen molar-refractivity contribution < 1.29 is 27.9 Å². The Hall–Kier alpha value is -3.50. The third-order valence-corrected chi connectivity index (χ3v) is 8.42. The Morgan fingerprint density at radius 3 is 2.47 bits per heavy atom. The average molecular weight is 612 g/mol. The topological polar surface area (TPSA) is 140 Å². The van der Waals surface area contributed by atoms with E-state index in [9.17, 15) is 9.36 Å². The van der Waals surface area contributed by atoms with E-state index in [1.54, 1.807) is 45.0 Å². The van der Waals surface area contributed by atoms with Crippen LogP contribution < -0.4 is 15.3 Å². The zero-order chi connectivity index (χ0) is 31.0. The third-order valence-electron chi connectivity index (χ3n) is 6.78. The van der Waals surface area contributed by atoms with Gasteiger partial charge in [-0.25, -0.2) is 14.5 Å². The van der Waals surface area contributed by atoms with E-state index in [1.165, 1.54) is 0 Å². The molecule has 2 heterocycles. The molecule has 0 aliphatic rings. The van der Waals surface area contributed by atoms with E-state index in [1.807, 2.05) is 37.3 Å². The van der Waals surface area contributed by atoms with Crippen molar-refractivity contribution in [2.75, 3.05) is 18.9 Å². The number of anilines is 1. The van der Waals surface area contributed by atoms with Gasteiger partial charge in [-0.15, -0.1) is 0 Å². The van der Waals surface area contributed by atoms with Gasteiger partial charge in [-0.05, 0) is 52.3 Å². The number of nitrogen functional groups attached to an aromatic ring is 1.